The maximum atomic E-state index is 11.3. The van der Waals surface area contributed by atoms with E-state index in [1.165, 1.54) is 19.1 Å². The van der Waals surface area contributed by atoms with Crippen LogP contribution in [0.4, 0.5) is 11.4 Å². The number of carbonyl (C=O) groups is 1. The molecular weight excluding hydrogens is 260 g/mol. The van der Waals surface area contributed by atoms with Crippen LogP contribution in [0.5, 0.6) is 0 Å². The third-order valence-corrected chi connectivity index (χ3v) is 2.18. The second-order valence-electron chi connectivity index (χ2n) is 3.28. The van der Waals surface area contributed by atoms with Crippen LogP contribution in [0.1, 0.15) is 6.92 Å². The van der Waals surface area contributed by atoms with Gasteiger partial charge in [0.25, 0.3) is 12.2 Å². The minimum atomic E-state index is -1.10. The van der Waals surface area contributed by atoms with Gasteiger partial charge in [-0.2, -0.15) is 0 Å². The van der Waals surface area contributed by atoms with Crippen LogP contribution in [0.2, 0.25) is 0 Å². The predicted octanol–water partition coefficient (Wildman–Crippen LogP) is 1.30. The van der Waals surface area contributed by atoms with E-state index in [9.17, 15) is 25.3 Å². The van der Waals surface area contributed by atoms with Crippen LogP contribution in [0.15, 0.2) is 29.5 Å². The van der Waals surface area contributed by atoms with Crippen molar-refractivity contribution >= 4 is 17.8 Å². The van der Waals surface area contributed by atoms with Gasteiger partial charge in [-0.05, 0) is 24.3 Å². The second-order valence-corrected chi connectivity index (χ2v) is 3.28. The Bertz CT molecular complexity index is 488. The van der Waals surface area contributed by atoms with Crippen molar-refractivity contribution in [1.29, 1.82) is 0 Å². The minimum absolute atomic E-state index is 0.0989. The van der Waals surface area contributed by atoms with E-state index in [1.807, 2.05) is 0 Å². The number of anilines is 1. The Balaban J connectivity index is 3.10. The fourth-order valence-corrected chi connectivity index (χ4v) is 1.35. The van der Waals surface area contributed by atoms with Gasteiger partial charge in [0.1, 0.15) is 5.69 Å². The van der Waals surface area contributed by atoms with Gasteiger partial charge in [0.05, 0.1) is 4.92 Å². The summed E-state index contributed by atoms with van der Waals surface area (Å²) < 4.78 is 4.53. The van der Waals surface area contributed by atoms with Crippen molar-refractivity contribution in [2.75, 3.05) is 5.01 Å². The number of hydrogen-bond acceptors (Lipinski definition) is 7. The third kappa shape index (κ3) is 3.28. The number of rotatable bonds is 6. The Morgan fingerprint density at radius 3 is 2.37 bits per heavy atom. The summed E-state index contributed by atoms with van der Waals surface area (Å²) >= 11 is 0. The molecule has 0 fully saturated rings. The van der Waals surface area contributed by atoms with Crippen molar-refractivity contribution < 1.29 is 19.4 Å². The van der Waals surface area contributed by atoms with E-state index in [-0.39, 0.29) is 22.8 Å². The second kappa shape index (κ2) is 6.14. The molecule has 0 amide bonds. The lowest BCUT2D eigenvalue weighted by atomic mass is 10.3. The van der Waals surface area contributed by atoms with Crippen LogP contribution in [-0.4, -0.2) is 22.6 Å². The first kappa shape index (κ1) is 14.2. The highest BCUT2D eigenvalue weighted by Gasteiger charge is 2.24. The van der Waals surface area contributed by atoms with Gasteiger partial charge in [0.2, 0.25) is 6.23 Å². The number of benzene rings is 1. The molecule has 0 saturated heterocycles. The molecule has 0 heterocycles. The van der Waals surface area contributed by atoms with Crippen molar-refractivity contribution in [3.8, 4) is 0 Å². The largest absolute Gasteiger partial charge is 0.737 e. The maximum absolute atomic E-state index is 11.3. The normalized spacial score (nSPS) is 12.6. The van der Waals surface area contributed by atoms with Crippen molar-refractivity contribution in [1.82, 2.24) is 0 Å². The lowest BCUT2D eigenvalue weighted by molar-refractivity contribution is -0.550. The molecule has 0 bridgehead atoms. The summed E-state index contributed by atoms with van der Waals surface area (Å²) in [6.07, 6.45) is -1.10. The Hall–Kier alpha value is -2.91. The first-order valence-electron chi connectivity index (χ1n) is 4.94. The number of non-ortho nitro benzene ring substituents is 1. The number of nitro groups is 1. The first-order chi connectivity index (χ1) is 9.01. The van der Waals surface area contributed by atoms with E-state index in [1.54, 1.807) is 0 Å². The van der Waals surface area contributed by atoms with E-state index in [4.69, 9.17) is 0 Å². The number of nitrogens with zero attached hydrogens (tertiary/aromatic N) is 4. The summed E-state index contributed by atoms with van der Waals surface area (Å²) in [5.74, 6) is 0. The Kier molecular flexibility index (Phi) is 4.57. The molecule has 1 unspecified atom stereocenters. The number of nitro benzene ring substituents is 1. The Morgan fingerprint density at radius 2 is 1.95 bits per heavy atom. The molecule has 10 heteroatoms. The molecule has 0 N–H and O–H groups in total. The van der Waals surface area contributed by atoms with Crippen LogP contribution in [0, 0.1) is 20.5 Å². The van der Waals surface area contributed by atoms with Gasteiger partial charge in [0.15, 0.2) is 0 Å². The van der Waals surface area contributed by atoms with Gasteiger partial charge in [0, 0.05) is 17.1 Å². The summed E-state index contributed by atoms with van der Waals surface area (Å²) in [6.45, 7) is 1.42. The lowest BCUT2D eigenvalue weighted by Gasteiger charge is -2.23. The smallest absolute Gasteiger partial charge is 0.295 e. The summed E-state index contributed by atoms with van der Waals surface area (Å²) in [6, 6.07) is 4.71. The highest BCUT2D eigenvalue weighted by molar-refractivity contribution is 5.49. The molecule has 0 aromatic heterocycles. The summed E-state index contributed by atoms with van der Waals surface area (Å²) in [5, 5.41) is 34.9. The van der Waals surface area contributed by atoms with Gasteiger partial charge in [-0.25, -0.2) is 0 Å². The van der Waals surface area contributed by atoms with Gasteiger partial charge in [-0.3, -0.25) is 14.9 Å². The van der Waals surface area contributed by atoms with Gasteiger partial charge >= 0.3 is 0 Å². The average molecular weight is 269 g/mol. The monoisotopic (exact) mass is 269 g/mol. The van der Waals surface area contributed by atoms with Crippen LogP contribution in [-0.2, 0) is 9.53 Å². The number of hydrazine groups is 1. The van der Waals surface area contributed by atoms with Crippen molar-refractivity contribution in [3.63, 3.8) is 0 Å². The molecule has 0 aliphatic carbocycles. The molecule has 0 aliphatic rings. The van der Waals surface area contributed by atoms with Crippen LogP contribution in [0.3, 0.4) is 0 Å². The molecule has 19 heavy (non-hydrogen) atoms. The highest BCUT2D eigenvalue weighted by atomic mass is 16.6. The van der Waals surface area contributed by atoms with Crippen LogP contribution in [0.25, 0.3) is 0 Å². The van der Waals surface area contributed by atoms with Gasteiger partial charge in [-0.1, -0.05) is 5.01 Å². The van der Waals surface area contributed by atoms with E-state index in [0.29, 0.717) is 5.01 Å². The van der Waals surface area contributed by atoms with Crippen LogP contribution >= 0.6 is 0 Å². The SMILES string of the molecule is CC(OC=O)N(c1ccc([N+](=O)[O-])cc1)/[N+]([O-])=N/[O-]. The third-order valence-electron chi connectivity index (χ3n) is 2.18. The zero-order valence-electron chi connectivity index (χ0n) is 9.70. The van der Waals surface area contributed by atoms with E-state index < -0.39 is 11.2 Å². The van der Waals surface area contributed by atoms with Crippen LogP contribution < -0.4 is 5.01 Å². The zero-order valence-corrected chi connectivity index (χ0v) is 9.70. The quantitative estimate of drug-likeness (QED) is 0.189. The summed E-state index contributed by atoms with van der Waals surface area (Å²) in [7, 11) is 0. The molecule has 1 rings (SSSR count). The van der Waals surface area contributed by atoms with Crippen molar-refractivity contribution in [3.05, 3.63) is 44.8 Å². The minimum Gasteiger partial charge on any atom is -0.737 e. The number of carbonyl (C=O) groups excluding carboxylic acids is 1. The van der Waals surface area contributed by atoms with Gasteiger partial charge < -0.3 is 15.2 Å². The maximum Gasteiger partial charge on any atom is 0.295 e. The molecular formula is C9H9N4O6-. The van der Waals surface area contributed by atoms with E-state index in [0.717, 1.165) is 12.1 Å². The van der Waals surface area contributed by atoms with E-state index in [2.05, 4.69) is 10.0 Å². The predicted molar refractivity (Wildman–Crippen MR) is 61.6 cm³/mol. The summed E-state index contributed by atoms with van der Waals surface area (Å²) in [5.41, 5.74) is -0.0845. The Morgan fingerprint density at radius 1 is 1.37 bits per heavy atom. The van der Waals surface area contributed by atoms with Crippen molar-refractivity contribution in [2.24, 2.45) is 5.28 Å². The Labute approximate surface area is 106 Å². The molecule has 0 radical (unpaired) electrons. The van der Waals surface area contributed by atoms with Gasteiger partial charge in [-0.15, -0.1) is 0 Å². The molecule has 0 aliphatic heterocycles. The summed E-state index contributed by atoms with van der Waals surface area (Å²) in [4.78, 5) is 19.8. The van der Waals surface area contributed by atoms with Crippen molar-refractivity contribution in [2.45, 2.75) is 13.2 Å². The average Bonchev–Trinajstić information content (AvgIpc) is 2.39. The first-order valence-corrected chi connectivity index (χ1v) is 4.94. The highest BCUT2D eigenvalue weighted by Crippen LogP contribution is 2.21. The lowest BCUT2D eigenvalue weighted by Crippen LogP contribution is -2.40. The molecule has 0 spiro atoms. The van der Waals surface area contributed by atoms with E-state index >= 15 is 0 Å². The molecule has 0 saturated carbocycles. The molecule has 1 atom stereocenters. The molecule has 102 valence electrons. The topological polar surface area (TPSA) is 134 Å². The molecule has 1 aromatic carbocycles. The standard InChI is InChI=1S/C9H10N4O6/c1-7(19-6-14)11(13(18)10-15)8-2-4-9(5-3-8)12(16)17/h2-7,15H,1H3/p-1/b13-10-. The molecule has 1 aromatic rings. The molecule has 10 nitrogen and oxygen atoms in total. The zero-order chi connectivity index (χ0) is 14.4. The fourth-order valence-electron chi connectivity index (χ4n) is 1.35. The fraction of sp³-hybridized carbons (Fsp3) is 0.222. The number of hydrogen-bond donors (Lipinski definition) is 0. The number of ether oxygens (including phenoxy) is 1.